The normalized spacial score (nSPS) is 9.84. The van der Waals surface area contributed by atoms with Crippen molar-refractivity contribution in [3.8, 4) is 0 Å². The Morgan fingerprint density at radius 2 is 2.00 bits per heavy atom. The summed E-state index contributed by atoms with van der Waals surface area (Å²) in [6.45, 7) is 4.43. The molecule has 19 heavy (non-hydrogen) atoms. The summed E-state index contributed by atoms with van der Waals surface area (Å²) in [5.74, 6) is -0.430. The number of nitrogens with one attached hydrogen (secondary N) is 1. The van der Waals surface area contributed by atoms with E-state index in [0.29, 0.717) is 13.2 Å². The molecule has 0 aliphatic heterocycles. The largest absolute Gasteiger partial charge is 0.465 e. The van der Waals surface area contributed by atoms with E-state index in [-0.39, 0.29) is 12.6 Å². The fourth-order valence-corrected chi connectivity index (χ4v) is 1.61. The zero-order valence-electron chi connectivity index (χ0n) is 11.6. The maximum atomic E-state index is 11.8. The van der Waals surface area contributed by atoms with Gasteiger partial charge in [0.25, 0.3) is 0 Å². The van der Waals surface area contributed by atoms with Crippen LogP contribution in [0.2, 0.25) is 0 Å². The molecule has 0 atom stereocenters. The quantitative estimate of drug-likeness (QED) is 0.823. The van der Waals surface area contributed by atoms with Crippen molar-refractivity contribution in [3.05, 3.63) is 35.4 Å². The molecule has 104 valence electrons. The fraction of sp³-hybridized carbons (Fsp3) is 0.429. The van der Waals surface area contributed by atoms with Crippen LogP contribution < -0.4 is 5.32 Å². The summed E-state index contributed by atoms with van der Waals surface area (Å²) in [5, 5.41) is 2.52. The lowest BCUT2D eigenvalue weighted by Crippen LogP contribution is -2.39. The molecule has 0 bridgehead atoms. The number of urea groups is 1. The Hall–Kier alpha value is -2.04. The molecule has 5 heteroatoms. The Morgan fingerprint density at radius 1 is 1.32 bits per heavy atom. The van der Waals surface area contributed by atoms with Crippen molar-refractivity contribution in [1.82, 2.24) is 10.2 Å². The maximum absolute atomic E-state index is 11.8. The van der Waals surface area contributed by atoms with Crippen LogP contribution in [0, 0.1) is 6.92 Å². The van der Waals surface area contributed by atoms with E-state index in [1.54, 1.807) is 14.0 Å². The lowest BCUT2D eigenvalue weighted by Gasteiger charge is -2.18. The Bertz CT molecular complexity index is 446. The highest BCUT2D eigenvalue weighted by Crippen LogP contribution is 2.09. The third kappa shape index (κ3) is 4.99. The van der Waals surface area contributed by atoms with Crippen LogP contribution in [0.5, 0.6) is 0 Å². The molecule has 1 aromatic rings. The van der Waals surface area contributed by atoms with Crippen molar-refractivity contribution in [3.63, 3.8) is 0 Å². The molecular formula is C14H20N2O3. The molecule has 0 aliphatic carbocycles. The van der Waals surface area contributed by atoms with Crippen LogP contribution in [-0.4, -0.2) is 37.1 Å². The number of carbonyl (C=O) groups is 2. The van der Waals surface area contributed by atoms with E-state index in [0.717, 1.165) is 11.1 Å². The monoisotopic (exact) mass is 264 g/mol. The zero-order valence-corrected chi connectivity index (χ0v) is 11.6. The Labute approximate surface area is 113 Å². The minimum absolute atomic E-state index is 0.106. The molecule has 2 amide bonds. The van der Waals surface area contributed by atoms with Gasteiger partial charge in [-0.15, -0.1) is 0 Å². The molecular weight excluding hydrogens is 244 g/mol. The van der Waals surface area contributed by atoms with Gasteiger partial charge < -0.3 is 15.0 Å². The smallest absolute Gasteiger partial charge is 0.325 e. The molecule has 0 radical (unpaired) electrons. The number of rotatable bonds is 5. The molecule has 0 unspecified atom stereocenters. The molecule has 0 saturated carbocycles. The number of carbonyl (C=O) groups excluding carboxylic acids is 2. The highest BCUT2D eigenvalue weighted by molar-refractivity contribution is 5.80. The molecule has 0 heterocycles. The second-order valence-corrected chi connectivity index (χ2v) is 4.25. The van der Waals surface area contributed by atoms with Gasteiger partial charge in [-0.2, -0.15) is 0 Å². The maximum Gasteiger partial charge on any atom is 0.325 e. The summed E-state index contributed by atoms with van der Waals surface area (Å²) < 4.78 is 4.74. The number of amides is 2. The fourth-order valence-electron chi connectivity index (χ4n) is 1.61. The van der Waals surface area contributed by atoms with Crippen molar-refractivity contribution in [2.45, 2.75) is 20.4 Å². The van der Waals surface area contributed by atoms with E-state index in [9.17, 15) is 9.59 Å². The first-order valence-electron chi connectivity index (χ1n) is 6.23. The number of esters is 1. The summed E-state index contributed by atoms with van der Waals surface area (Å²) in [4.78, 5) is 24.4. The number of ether oxygens (including phenoxy) is 1. The van der Waals surface area contributed by atoms with E-state index in [1.165, 1.54) is 4.90 Å². The summed E-state index contributed by atoms with van der Waals surface area (Å²) in [6.07, 6.45) is 0. The second-order valence-electron chi connectivity index (χ2n) is 4.25. The molecule has 1 aromatic carbocycles. The van der Waals surface area contributed by atoms with Gasteiger partial charge in [-0.1, -0.05) is 24.3 Å². The van der Waals surface area contributed by atoms with Crippen molar-refractivity contribution in [1.29, 1.82) is 0 Å². The lowest BCUT2D eigenvalue weighted by atomic mass is 10.1. The Balaban J connectivity index is 2.45. The lowest BCUT2D eigenvalue weighted by molar-refractivity contribution is -0.141. The van der Waals surface area contributed by atoms with Crippen molar-refractivity contribution in [2.75, 3.05) is 20.2 Å². The van der Waals surface area contributed by atoms with Gasteiger partial charge in [-0.05, 0) is 25.0 Å². The molecule has 1 rings (SSSR count). The van der Waals surface area contributed by atoms with Crippen LogP contribution >= 0.6 is 0 Å². The molecule has 0 fully saturated rings. The van der Waals surface area contributed by atoms with E-state index in [4.69, 9.17) is 4.74 Å². The molecule has 0 spiro atoms. The first kappa shape index (κ1) is 15.0. The van der Waals surface area contributed by atoms with Crippen molar-refractivity contribution >= 4 is 12.0 Å². The van der Waals surface area contributed by atoms with Gasteiger partial charge >= 0.3 is 12.0 Å². The van der Waals surface area contributed by atoms with Gasteiger partial charge in [0.1, 0.15) is 6.54 Å². The number of hydrogen-bond donors (Lipinski definition) is 1. The SMILES string of the molecule is CCOC(=O)CNC(=O)N(C)Cc1ccccc1C. The average Bonchev–Trinajstić information content (AvgIpc) is 2.39. The van der Waals surface area contributed by atoms with E-state index in [1.807, 2.05) is 31.2 Å². The van der Waals surface area contributed by atoms with Crippen LogP contribution in [0.4, 0.5) is 4.79 Å². The summed E-state index contributed by atoms with van der Waals surface area (Å²) in [7, 11) is 1.69. The summed E-state index contributed by atoms with van der Waals surface area (Å²) in [6, 6.07) is 7.58. The van der Waals surface area contributed by atoms with Crippen molar-refractivity contribution in [2.24, 2.45) is 0 Å². The number of aryl methyl sites for hydroxylation is 1. The second kappa shape index (κ2) is 7.41. The highest BCUT2D eigenvalue weighted by atomic mass is 16.5. The van der Waals surface area contributed by atoms with Gasteiger partial charge in [0.2, 0.25) is 0 Å². The minimum atomic E-state index is -0.430. The first-order chi connectivity index (χ1) is 9.04. The average molecular weight is 264 g/mol. The first-order valence-corrected chi connectivity index (χ1v) is 6.23. The van der Waals surface area contributed by atoms with Crippen molar-refractivity contribution < 1.29 is 14.3 Å². The Kier molecular flexibility index (Phi) is 5.85. The minimum Gasteiger partial charge on any atom is -0.465 e. The molecule has 5 nitrogen and oxygen atoms in total. The topological polar surface area (TPSA) is 58.6 Å². The van der Waals surface area contributed by atoms with Gasteiger partial charge in [0, 0.05) is 13.6 Å². The molecule has 1 N–H and O–H groups in total. The van der Waals surface area contributed by atoms with Crippen LogP contribution in [0.3, 0.4) is 0 Å². The number of benzene rings is 1. The summed E-state index contributed by atoms with van der Waals surface area (Å²) in [5.41, 5.74) is 2.21. The third-order valence-electron chi connectivity index (χ3n) is 2.70. The summed E-state index contributed by atoms with van der Waals surface area (Å²) >= 11 is 0. The number of hydrogen-bond acceptors (Lipinski definition) is 3. The van der Waals surface area contributed by atoms with E-state index in [2.05, 4.69) is 5.32 Å². The molecule has 0 aliphatic rings. The van der Waals surface area contributed by atoms with E-state index >= 15 is 0 Å². The molecule has 0 saturated heterocycles. The van der Waals surface area contributed by atoms with Crippen LogP contribution in [0.15, 0.2) is 24.3 Å². The van der Waals surface area contributed by atoms with Gasteiger partial charge in [-0.25, -0.2) is 4.79 Å². The predicted octanol–water partition coefficient (Wildman–Crippen LogP) is 1.70. The van der Waals surface area contributed by atoms with Crippen LogP contribution in [0.1, 0.15) is 18.1 Å². The standard InChI is InChI=1S/C14H20N2O3/c1-4-19-13(17)9-15-14(18)16(3)10-12-8-6-5-7-11(12)2/h5-8H,4,9-10H2,1-3H3,(H,15,18). The highest BCUT2D eigenvalue weighted by Gasteiger charge is 2.11. The van der Waals surface area contributed by atoms with Gasteiger partial charge in [0.05, 0.1) is 6.61 Å². The van der Waals surface area contributed by atoms with Crippen LogP contribution in [0.25, 0.3) is 0 Å². The Morgan fingerprint density at radius 3 is 2.63 bits per heavy atom. The number of nitrogens with zero attached hydrogens (tertiary/aromatic N) is 1. The van der Waals surface area contributed by atoms with Crippen LogP contribution in [-0.2, 0) is 16.1 Å². The van der Waals surface area contributed by atoms with Gasteiger partial charge in [-0.3, -0.25) is 4.79 Å². The predicted molar refractivity (Wildman–Crippen MR) is 72.7 cm³/mol. The molecule has 0 aromatic heterocycles. The van der Waals surface area contributed by atoms with Gasteiger partial charge in [0.15, 0.2) is 0 Å². The zero-order chi connectivity index (χ0) is 14.3. The van der Waals surface area contributed by atoms with E-state index < -0.39 is 5.97 Å². The third-order valence-corrected chi connectivity index (χ3v) is 2.70.